The molecule has 0 unspecified atom stereocenters. The highest BCUT2D eigenvalue weighted by Crippen LogP contribution is 2.39. The number of hydrogen-bond donors (Lipinski definition) is 2. The van der Waals surface area contributed by atoms with E-state index in [0.29, 0.717) is 17.5 Å². The second-order valence-electron chi connectivity index (χ2n) is 8.99. The molecule has 31 heavy (non-hydrogen) atoms. The minimum atomic E-state index is 0.286. The Bertz CT molecular complexity index is 1040. The maximum Gasteiger partial charge on any atom is 0.197 e. The third-order valence-corrected chi connectivity index (χ3v) is 7.30. The molecule has 0 amide bonds. The molecule has 3 heterocycles. The van der Waals surface area contributed by atoms with E-state index >= 15 is 0 Å². The number of likely N-dealkylation sites (tertiary alicyclic amines) is 1. The maximum atomic E-state index is 10.5. The molecule has 0 saturated carbocycles. The number of nitrogens with zero attached hydrogens (tertiary/aromatic N) is 3. The van der Waals surface area contributed by atoms with Crippen LogP contribution in [-0.4, -0.2) is 44.5 Å². The van der Waals surface area contributed by atoms with Crippen LogP contribution in [0.2, 0.25) is 5.02 Å². The van der Waals surface area contributed by atoms with Gasteiger partial charge >= 0.3 is 0 Å². The van der Waals surface area contributed by atoms with Crippen LogP contribution >= 0.6 is 11.6 Å². The summed E-state index contributed by atoms with van der Waals surface area (Å²) in [5, 5.41) is 27.1. The predicted octanol–water partition coefficient (Wildman–Crippen LogP) is 5.23. The number of benzene rings is 1. The molecule has 5 rings (SSSR count). The molecule has 2 aliphatic rings. The van der Waals surface area contributed by atoms with E-state index in [1.54, 1.807) is 4.57 Å². The quantitative estimate of drug-likeness (QED) is 0.510. The van der Waals surface area contributed by atoms with E-state index in [2.05, 4.69) is 10.1 Å². The van der Waals surface area contributed by atoms with Crippen LogP contribution in [0.3, 0.4) is 0 Å². The van der Waals surface area contributed by atoms with Crippen molar-refractivity contribution in [1.29, 1.82) is 0 Å². The Hall–Kier alpha value is -2.18. The van der Waals surface area contributed by atoms with Crippen molar-refractivity contribution in [3.05, 3.63) is 40.0 Å². The van der Waals surface area contributed by atoms with Gasteiger partial charge < -0.3 is 19.6 Å². The molecule has 0 bridgehead atoms. The molecule has 1 aliphatic heterocycles. The number of unbranched alkanes of at least 4 members (excludes halogenated alkanes) is 1. The van der Waals surface area contributed by atoms with Crippen molar-refractivity contribution < 1.29 is 14.7 Å². The topological polar surface area (TPSA) is 74.7 Å². The fourth-order valence-electron chi connectivity index (χ4n) is 5.30. The van der Waals surface area contributed by atoms with Crippen LogP contribution in [-0.2, 0) is 19.4 Å². The molecule has 1 aliphatic carbocycles. The lowest BCUT2D eigenvalue weighted by Crippen LogP contribution is -2.33. The van der Waals surface area contributed by atoms with Gasteiger partial charge in [0.15, 0.2) is 17.3 Å². The van der Waals surface area contributed by atoms with Crippen molar-refractivity contribution in [3.63, 3.8) is 0 Å². The average Bonchev–Trinajstić information content (AvgIpc) is 3.31. The van der Waals surface area contributed by atoms with Gasteiger partial charge in [-0.2, -0.15) is 0 Å². The summed E-state index contributed by atoms with van der Waals surface area (Å²) >= 11 is 6.05. The Morgan fingerprint density at radius 2 is 1.68 bits per heavy atom. The zero-order valence-electron chi connectivity index (χ0n) is 17.8. The first-order valence-electron chi connectivity index (χ1n) is 11.5. The number of aromatic hydroxyl groups is 2. The minimum Gasteiger partial charge on any atom is -0.494 e. The Labute approximate surface area is 187 Å². The largest absolute Gasteiger partial charge is 0.494 e. The van der Waals surface area contributed by atoms with Gasteiger partial charge in [-0.15, -0.1) is 0 Å². The van der Waals surface area contributed by atoms with Crippen LogP contribution in [0.25, 0.3) is 11.0 Å². The second-order valence-corrected chi connectivity index (χ2v) is 9.43. The summed E-state index contributed by atoms with van der Waals surface area (Å²) in [6.45, 7) is 3.83. The molecule has 3 aromatic rings. The van der Waals surface area contributed by atoms with Crippen LogP contribution in [0.15, 0.2) is 22.7 Å². The van der Waals surface area contributed by atoms with Gasteiger partial charge in [-0.1, -0.05) is 16.8 Å². The van der Waals surface area contributed by atoms with Crippen molar-refractivity contribution in [3.8, 4) is 11.8 Å². The third-order valence-electron chi connectivity index (χ3n) is 7.06. The Morgan fingerprint density at radius 1 is 1.00 bits per heavy atom. The maximum absolute atomic E-state index is 10.5. The van der Waals surface area contributed by atoms with E-state index in [9.17, 15) is 10.2 Å². The standard InChI is InChI=1S/C24H30ClN3O3/c25-17-7-8-20-21(15-17)31-26-22(20)16-9-13-27(14-10-16)11-3-4-12-28-23(29)18-5-1-2-6-19(18)24(28)30/h7-8,15-16,29-30H,1-6,9-14H2. The van der Waals surface area contributed by atoms with Gasteiger partial charge in [0, 0.05) is 40.1 Å². The molecule has 6 nitrogen and oxygen atoms in total. The van der Waals surface area contributed by atoms with Gasteiger partial charge in [-0.25, -0.2) is 0 Å². The summed E-state index contributed by atoms with van der Waals surface area (Å²) in [5.41, 5.74) is 3.76. The smallest absolute Gasteiger partial charge is 0.197 e. The van der Waals surface area contributed by atoms with Crippen LogP contribution in [0.1, 0.15) is 61.3 Å². The zero-order chi connectivity index (χ0) is 21.4. The first-order valence-corrected chi connectivity index (χ1v) is 11.9. The van der Waals surface area contributed by atoms with Gasteiger partial charge in [0.1, 0.15) is 0 Å². The lowest BCUT2D eigenvalue weighted by Gasteiger charge is -2.31. The predicted molar refractivity (Wildman–Crippen MR) is 121 cm³/mol. The van der Waals surface area contributed by atoms with E-state index < -0.39 is 0 Å². The van der Waals surface area contributed by atoms with E-state index in [1.165, 1.54) is 0 Å². The van der Waals surface area contributed by atoms with Crippen molar-refractivity contribution >= 4 is 22.6 Å². The molecule has 0 atom stereocenters. The number of aromatic nitrogens is 2. The lowest BCUT2D eigenvalue weighted by atomic mass is 9.91. The van der Waals surface area contributed by atoms with Crippen molar-refractivity contribution in [2.75, 3.05) is 19.6 Å². The Morgan fingerprint density at radius 3 is 2.39 bits per heavy atom. The summed E-state index contributed by atoms with van der Waals surface area (Å²) in [6, 6.07) is 5.75. The summed E-state index contributed by atoms with van der Waals surface area (Å²) < 4.78 is 7.20. The van der Waals surface area contributed by atoms with Crippen molar-refractivity contribution in [2.24, 2.45) is 0 Å². The van der Waals surface area contributed by atoms with E-state index in [0.717, 1.165) is 98.8 Å². The number of rotatable bonds is 6. The van der Waals surface area contributed by atoms with Gasteiger partial charge in [0.05, 0.1) is 5.69 Å². The van der Waals surface area contributed by atoms with Crippen molar-refractivity contribution in [2.45, 2.75) is 63.8 Å². The van der Waals surface area contributed by atoms with Gasteiger partial charge in [0.2, 0.25) is 0 Å². The monoisotopic (exact) mass is 443 g/mol. The van der Waals surface area contributed by atoms with Crippen LogP contribution in [0.5, 0.6) is 11.8 Å². The van der Waals surface area contributed by atoms with Crippen molar-refractivity contribution in [1.82, 2.24) is 14.6 Å². The molecule has 7 heteroatoms. The number of piperidine rings is 1. The zero-order valence-corrected chi connectivity index (χ0v) is 18.6. The molecule has 0 radical (unpaired) electrons. The normalized spacial score (nSPS) is 18.0. The van der Waals surface area contributed by atoms with Gasteiger partial charge in [-0.05, 0) is 83.1 Å². The number of halogens is 1. The Balaban J connectivity index is 1.11. The Kier molecular flexibility index (Phi) is 5.85. The summed E-state index contributed by atoms with van der Waals surface area (Å²) in [7, 11) is 0. The number of hydrogen-bond acceptors (Lipinski definition) is 5. The van der Waals surface area contributed by atoms with E-state index in [4.69, 9.17) is 16.1 Å². The molecule has 2 aromatic heterocycles. The molecular formula is C24H30ClN3O3. The van der Waals surface area contributed by atoms with Crippen LogP contribution in [0.4, 0.5) is 0 Å². The fraction of sp³-hybridized carbons (Fsp3) is 0.542. The van der Waals surface area contributed by atoms with Gasteiger partial charge in [-0.3, -0.25) is 4.57 Å². The molecular weight excluding hydrogens is 414 g/mol. The first kappa shape index (κ1) is 20.7. The minimum absolute atomic E-state index is 0.286. The molecule has 0 spiro atoms. The SMILES string of the molecule is Oc1c2c(c(O)n1CCCCN1CCC(c3noc4cc(Cl)ccc34)CC1)CCCC2. The fourth-order valence-corrected chi connectivity index (χ4v) is 5.46. The van der Waals surface area contributed by atoms with Gasteiger partial charge in [0.25, 0.3) is 0 Å². The highest BCUT2D eigenvalue weighted by atomic mass is 35.5. The molecule has 1 aromatic carbocycles. The van der Waals surface area contributed by atoms with E-state index in [-0.39, 0.29) is 11.8 Å². The number of fused-ring (bicyclic) bond motifs is 2. The molecule has 2 N–H and O–H groups in total. The molecule has 1 fully saturated rings. The molecule has 1 saturated heterocycles. The van der Waals surface area contributed by atoms with E-state index in [1.807, 2.05) is 18.2 Å². The summed E-state index contributed by atoms with van der Waals surface area (Å²) in [6.07, 6.45) is 8.11. The van der Waals surface area contributed by atoms with Crippen LogP contribution in [0, 0.1) is 0 Å². The molecule has 166 valence electrons. The highest BCUT2D eigenvalue weighted by molar-refractivity contribution is 6.31. The highest BCUT2D eigenvalue weighted by Gasteiger charge is 2.26. The second kappa shape index (κ2) is 8.75. The third kappa shape index (κ3) is 4.03. The van der Waals surface area contributed by atoms with Crippen LogP contribution < -0.4 is 0 Å². The lowest BCUT2D eigenvalue weighted by molar-refractivity contribution is 0.204. The summed E-state index contributed by atoms with van der Waals surface area (Å²) in [4.78, 5) is 2.51. The first-order chi connectivity index (χ1) is 15.1. The average molecular weight is 444 g/mol. The summed E-state index contributed by atoms with van der Waals surface area (Å²) in [5.74, 6) is 1.00.